The lowest BCUT2D eigenvalue weighted by molar-refractivity contribution is 0.0911. The number of carbonyl (C=O) groups excluding carboxylic acids is 1. The minimum Gasteiger partial charge on any atom is -0.348 e. The largest absolute Gasteiger partial charge is 0.348 e. The van der Waals surface area contributed by atoms with Crippen LogP contribution in [0.25, 0.3) is 0 Å². The van der Waals surface area contributed by atoms with Gasteiger partial charge in [0.15, 0.2) is 0 Å². The molecule has 1 aromatic carbocycles. The van der Waals surface area contributed by atoms with E-state index >= 15 is 0 Å². The van der Waals surface area contributed by atoms with Gasteiger partial charge in [-0.15, -0.1) is 12.4 Å². The normalized spacial score (nSPS) is 22.5. The summed E-state index contributed by atoms with van der Waals surface area (Å²) in [6, 6.07) is 4.02. The van der Waals surface area contributed by atoms with Crippen LogP contribution in [0.2, 0.25) is 5.02 Å². The molecule has 6 heteroatoms. The Bertz CT molecular complexity index is 456. The number of benzene rings is 1. The molecule has 2 N–H and O–H groups in total. The molecule has 1 heterocycles. The highest BCUT2D eigenvalue weighted by Crippen LogP contribution is 2.16. The predicted octanol–water partition coefficient (Wildman–Crippen LogP) is 2.63. The van der Waals surface area contributed by atoms with Gasteiger partial charge in [-0.2, -0.15) is 0 Å². The first-order valence-electron chi connectivity index (χ1n) is 6.04. The maximum Gasteiger partial charge on any atom is 0.254 e. The highest BCUT2D eigenvalue weighted by Gasteiger charge is 2.24. The van der Waals surface area contributed by atoms with Crippen molar-refractivity contribution >= 4 is 29.9 Å². The Hall–Kier alpha value is -0.840. The van der Waals surface area contributed by atoms with Crippen LogP contribution in [0, 0.1) is 11.7 Å². The SMILES string of the molecule is CC1CCNCC1NC(=O)c1cc(Cl)ccc1F.Cl. The van der Waals surface area contributed by atoms with Gasteiger partial charge >= 0.3 is 0 Å². The summed E-state index contributed by atoms with van der Waals surface area (Å²) in [5, 5.41) is 6.42. The average Bonchev–Trinajstić information content (AvgIpc) is 2.35. The van der Waals surface area contributed by atoms with Crippen molar-refractivity contribution in [2.24, 2.45) is 5.92 Å². The molecule has 0 radical (unpaired) electrons. The lowest BCUT2D eigenvalue weighted by Crippen LogP contribution is -2.50. The Morgan fingerprint density at radius 3 is 2.95 bits per heavy atom. The Morgan fingerprint density at radius 2 is 2.26 bits per heavy atom. The maximum absolute atomic E-state index is 13.5. The molecular weight excluding hydrogens is 290 g/mol. The second kappa shape index (κ2) is 7.08. The molecule has 1 aliphatic heterocycles. The first-order chi connectivity index (χ1) is 8.58. The van der Waals surface area contributed by atoms with E-state index in [1.165, 1.54) is 18.2 Å². The summed E-state index contributed by atoms with van der Waals surface area (Å²) in [7, 11) is 0. The Labute approximate surface area is 123 Å². The van der Waals surface area contributed by atoms with Crippen LogP contribution < -0.4 is 10.6 Å². The van der Waals surface area contributed by atoms with Gasteiger partial charge in [0, 0.05) is 17.6 Å². The first kappa shape index (κ1) is 16.2. The van der Waals surface area contributed by atoms with E-state index in [4.69, 9.17) is 11.6 Å². The quantitative estimate of drug-likeness (QED) is 0.882. The standard InChI is InChI=1S/C13H16ClFN2O.ClH/c1-8-4-5-16-7-12(8)17-13(18)10-6-9(14)2-3-11(10)15;/h2-3,6,8,12,16H,4-5,7H2,1H3,(H,17,18);1H. The molecule has 0 bridgehead atoms. The molecule has 1 aromatic rings. The third-order valence-electron chi connectivity index (χ3n) is 3.32. The van der Waals surface area contributed by atoms with Crippen LogP contribution in [-0.2, 0) is 0 Å². The zero-order valence-electron chi connectivity index (χ0n) is 10.6. The van der Waals surface area contributed by atoms with Gasteiger partial charge in [0.2, 0.25) is 0 Å². The fourth-order valence-corrected chi connectivity index (χ4v) is 2.27. The number of carbonyl (C=O) groups is 1. The van der Waals surface area contributed by atoms with Crippen LogP contribution in [0.5, 0.6) is 0 Å². The zero-order valence-corrected chi connectivity index (χ0v) is 12.2. The Morgan fingerprint density at radius 1 is 1.53 bits per heavy atom. The molecule has 1 amide bonds. The van der Waals surface area contributed by atoms with Crippen molar-refractivity contribution in [2.75, 3.05) is 13.1 Å². The smallest absolute Gasteiger partial charge is 0.254 e. The molecule has 2 atom stereocenters. The molecule has 0 saturated carbocycles. The lowest BCUT2D eigenvalue weighted by Gasteiger charge is -2.30. The van der Waals surface area contributed by atoms with Crippen molar-refractivity contribution in [3.63, 3.8) is 0 Å². The summed E-state index contributed by atoms with van der Waals surface area (Å²) < 4.78 is 13.5. The van der Waals surface area contributed by atoms with Gasteiger partial charge in [-0.1, -0.05) is 18.5 Å². The molecule has 2 unspecified atom stereocenters. The summed E-state index contributed by atoms with van der Waals surface area (Å²) in [4.78, 5) is 12.0. The van der Waals surface area contributed by atoms with Gasteiger partial charge in [-0.3, -0.25) is 4.79 Å². The van der Waals surface area contributed by atoms with E-state index < -0.39 is 11.7 Å². The van der Waals surface area contributed by atoms with Crippen LogP contribution >= 0.6 is 24.0 Å². The zero-order chi connectivity index (χ0) is 13.1. The summed E-state index contributed by atoms with van der Waals surface area (Å²) in [6.45, 7) is 3.76. The maximum atomic E-state index is 13.5. The van der Waals surface area contributed by atoms with E-state index in [1.807, 2.05) is 0 Å². The molecule has 3 nitrogen and oxygen atoms in total. The predicted molar refractivity (Wildman–Crippen MR) is 76.6 cm³/mol. The van der Waals surface area contributed by atoms with E-state index in [0.29, 0.717) is 10.9 Å². The van der Waals surface area contributed by atoms with Crippen molar-refractivity contribution in [1.82, 2.24) is 10.6 Å². The van der Waals surface area contributed by atoms with Crippen molar-refractivity contribution < 1.29 is 9.18 Å². The van der Waals surface area contributed by atoms with Crippen LogP contribution in [0.15, 0.2) is 18.2 Å². The lowest BCUT2D eigenvalue weighted by atomic mass is 9.94. The van der Waals surface area contributed by atoms with E-state index in [9.17, 15) is 9.18 Å². The van der Waals surface area contributed by atoms with E-state index in [-0.39, 0.29) is 24.0 Å². The van der Waals surface area contributed by atoms with Gasteiger partial charge in [-0.05, 0) is 37.1 Å². The average molecular weight is 307 g/mol. The van der Waals surface area contributed by atoms with Gasteiger partial charge in [0.05, 0.1) is 5.56 Å². The third-order valence-corrected chi connectivity index (χ3v) is 3.55. The molecule has 1 fully saturated rings. The van der Waals surface area contributed by atoms with Crippen molar-refractivity contribution in [2.45, 2.75) is 19.4 Å². The number of hydrogen-bond acceptors (Lipinski definition) is 2. The summed E-state index contributed by atoms with van der Waals surface area (Å²) >= 11 is 5.77. The van der Waals surface area contributed by atoms with Crippen LogP contribution in [0.3, 0.4) is 0 Å². The fourth-order valence-electron chi connectivity index (χ4n) is 2.10. The number of halogens is 3. The molecule has 0 spiro atoms. The Balaban J connectivity index is 0.00000180. The highest BCUT2D eigenvalue weighted by molar-refractivity contribution is 6.31. The first-order valence-corrected chi connectivity index (χ1v) is 6.42. The third kappa shape index (κ3) is 4.06. The summed E-state index contributed by atoms with van der Waals surface area (Å²) in [5.41, 5.74) is 0.000253. The molecule has 19 heavy (non-hydrogen) atoms. The van der Waals surface area contributed by atoms with Gasteiger partial charge in [0.25, 0.3) is 5.91 Å². The van der Waals surface area contributed by atoms with E-state index in [2.05, 4.69) is 17.6 Å². The summed E-state index contributed by atoms with van der Waals surface area (Å²) in [5.74, 6) is -0.568. The van der Waals surface area contributed by atoms with Gasteiger partial charge in [0.1, 0.15) is 5.82 Å². The molecule has 0 aromatic heterocycles. The fraction of sp³-hybridized carbons (Fsp3) is 0.462. The molecule has 106 valence electrons. The number of nitrogens with one attached hydrogen (secondary N) is 2. The Kier molecular flexibility index (Phi) is 6.04. The van der Waals surface area contributed by atoms with Crippen LogP contribution in [-0.4, -0.2) is 25.0 Å². The number of piperidine rings is 1. The number of rotatable bonds is 2. The van der Waals surface area contributed by atoms with Crippen LogP contribution in [0.1, 0.15) is 23.7 Å². The van der Waals surface area contributed by atoms with E-state index in [1.54, 1.807) is 0 Å². The topological polar surface area (TPSA) is 41.1 Å². The highest BCUT2D eigenvalue weighted by atomic mass is 35.5. The number of hydrogen-bond donors (Lipinski definition) is 2. The summed E-state index contributed by atoms with van der Waals surface area (Å²) in [6.07, 6.45) is 1.00. The van der Waals surface area contributed by atoms with Crippen LogP contribution in [0.4, 0.5) is 4.39 Å². The van der Waals surface area contributed by atoms with Gasteiger partial charge in [-0.25, -0.2) is 4.39 Å². The molecular formula is C13H17Cl2FN2O. The van der Waals surface area contributed by atoms with Crippen molar-refractivity contribution in [3.05, 3.63) is 34.6 Å². The molecule has 1 aliphatic rings. The second-order valence-electron chi connectivity index (χ2n) is 4.67. The molecule has 2 rings (SSSR count). The second-order valence-corrected chi connectivity index (χ2v) is 5.11. The number of amides is 1. The van der Waals surface area contributed by atoms with Crippen molar-refractivity contribution in [1.29, 1.82) is 0 Å². The monoisotopic (exact) mass is 306 g/mol. The minimum atomic E-state index is -0.548. The molecule has 1 saturated heterocycles. The molecule has 0 aliphatic carbocycles. The van der Waals surface area contributed by atoms with E-state index in [0.717, 1.165) is 19.5 Å². The van der Waals surface area contributed by atoms with Crippen molar-refractivity contribution in [3.8, 4) is 0 Å². The minimum absolute atomic E-state index is 0. The van der Waals surface area contributed by atoms with Gasteiger partial charge < -0.3 is 10.6 Å².